The van der Waals surface area contributed by atoms with E-state index in [0.29, 0.717) is 18.3 Å². The molecule has 0 spiro atoms. The fourth-order valence-corrected chi connectivity index (χ4v) is 1.31. The molecular formula is C12H18N2O2. The predicted octanol–water partition coefficient (Wildman–Crippen LogP) is 1.85. The van der Waals surface area contributed by atoms with Crippen molar-refractivity contribution in [3.63, 3.8) is 0 Å². The third kappa shape index (κ3) is 3.90. The van der Waals surface area contributed by atoms with Gasteiger partial charge in [0.15, 0.2) is 0 Å². The van der Waals surface area contributed by atoms with Crippen molar-refractivity contribution in [3.8, 4) is 5.75 Å². The molecule has 0 fully saturated rings. The number of aromatic hydroxyl groups is 1. The van der Waals surface area contributed by atoms with Crippen molar-refractivity contribution in [2.75, 3.05) is 5.32 Å². The van der Waals surface area contributed by atoms with Gasteiger partial charge in [-0.3, -0.25) is 4.79 Å². The van der Waals surface area contributed by atoms with E-state index in [2.05, 4.69) is 10.6 Å². The molecule has 0 radical (unpaired) electrons. The lowest BCUT2D eigenvalue weighted by Gasteiger charge is -2.10. The Morgan fingerprint density at radius 2 is 2.12 bits per heavy atom. The zero-order chi connectivity index (χ0) is 12.1. The molecule has 88 valence electrons. The summed E-state index contributed by atoms with van der Waals surface area (Å²) in [6.07, 6.45) is 0. The number of carbonyl (C=O) groups excluding carboxylic acids is 1. The van der Waals surface area contributed by atoms with Crippen molar-refractivity contribution in [2.45, 2.75) is 33.4 Å². The summed E-state index contributed by atoms with van der Waals surface area (Å²) in [6.45, 7) is 6.14. The van der Waals surface area contributed by atoms with E-state index >= 15 is 0 Å². The summed E-state index contributed by atoms with van der Waals surface area (Å²) in [5, 5.41) is 15.6. The third-order valence-corrected chi connectivity index (χ3v) is 2.11. The van der Waals surface area contributed by atoms with Crippen LogP contribution >= 0.6 is 0 Å². The Hall–Kier alpha value is -1.55. The maximum Gasteiger partial charge on any atom is 0.221 e. The number of amides is 1. The first kappa shape index (κ1) is 12.5. The Bertz CT molecular complexity index is 375. The summed E-state index contributed by atoms with van der Waals surface area (Å²) in [6, 6.07) is 5.50. The van der Waals surface area contributed by atoms with Gasteiger partial charge < -0.3 is 15.7 Å². The van der Waals surface area contributed by atoms with Crippen molar-refractivity contribution in [1.82, 2.24) is 5.32 Å². The molecule has 16 heavy (non-hydrogen) atoms. The number of hydrogen-bond acceptors (Lipinski definition) is 3. The van der Waals surface area contributed by atoms with Crippen LogP contribution in [-0.4, -0.2) is 17.1 Å². The highest BCUT2D eigenvalue weighted by atomic mass is 16.3. The highest BCUT2D eigenvalue weighted by Crippen LogP contribution is 2.21. The molecule has 0 heterocycles. The quantitative estimate of drug-likeness (QED) is 0.728. The summed E-state index contributed by atoms with van der Waals surface area (Å²) < 4.78 is 0. The molecule has 1 aromatic carbocycles. The minimum absolute atomic E-state index is 0.146. The second-order valence-electron chi connectivity index (χ2n) is 4.06. The van der Waals surface area contributed by atoms with E-state index in [1.54, 1.807) is 18.2 Å². The van der Waals surface area contributed by atoms with E-state index in [1.165, 1.54) is 6.92 Å². The summed E-state index contributed by atoms with van der Waals surface area (Å²) in [5.74, 6) is 0.0480. The van der Waals surface area contributed by atoms with E-state index in [1.807, 2.05) is 13.8 Å². The van der Waals surface area contributed by atoms with Crippen LogP contribution < -0.4 is 10.6 Å². The van der Waals surface area contributed by atoms with Crippen molar-refractivity contribution < 1.29 is 9.90 Å². The Balaban J connectivity index is 2.71. The number of hydrogen-bond donors (Lipinski definition) is 3. The molecule has 1 aromatic rings. The largest absolute Gasteiger partial charge is 0.508 e. The Kier molecular flexibility index (Phi) is 4.31. The number of benzene rings is 1. The van der Waals surface area contributed by atoms with E-state index < -0.39 is 0 Å². The molecule has 1 amide bonds. The number of phenols is 1. The Morgan fingerprint density at radius 1 is 1.44 bits per heavy atom. The summed E-state index contributed by atoms with van der Waals surface area (Å²) in [4.78, 5) is 10.8. The van der Waals surface area contributed by atoms with Crippen LogP contribution in [0.25, 0.3) is 0 Å². The van der Waals surface area contributed by atoms with Gasteiger partial charge in [0, 0.05) is 36.8 Å². The number of rotatable bonds is 4. The minimum Gasteiger partial charge on any atom is -0.508 e. The van der Waals surface area contributed by atoms with Crippen LogP contribution in [0.15, 0.2) is 18.2 Å². The first-order chi connectivity index (χ1) is 7.49. The topological polar surface area (TPSA) is 61.4 Å². The molecule has 3 N–H and O–H groups in total. The van der Waals surface area contributed by atoms with Crippen molar-refractivity contribution in [2.24, 2.45) is 0 Å². The van der Waals surface area contributed by atoms with Crippen LogP contribution in [0, 0.1) is 0 Å². The van der Waals surface area contributed by atoms with E-state index in [-0.39, 0.29) is 11.7 Å². The fraction of sp³-hybridized carbons (Fsp3) is 0.417. The minimum atomic E-state index is -0.146. The average Bonchev–Trinajstić information content (AvgIpc) is 2.15. The summed E-state index contributed by atoms with van der Waals surface area (Å²) in [7, 11) is 0. The highest BCUT2D eigenvalue weighted by molar-refractivity contribution is 5.88. The lowest BCUT2D eigenvalue weighted by atomic mass is 10.1. The maximum atomic E-state index is 10.8. The molecule has 0 aliphatic carbocycles. The zero-order valence-corrected chi connectivity index (χ0v) is 9.87. The molecule has 0 atom stereocenters. The average molecular weight is 222 g/mol. The van der Waals surface area contributed by atoms with Gasteiger partial charge in [0.25, 0.3) is 0 Å². The number of anilines is 1. The van der Waals surface area contributed by atoms with Gasteiger partial charge in [-0.25, -0.2) is 0 Å². The molecule has 0 saturated heterocycles. The van der Waals surface area contributed by atoms with Gasteiger partial charge in [-0.15, -0.1) is 0 Å². The molecule has 0 aliphatic rings. The number of nitrogens with one attached hydrogen (secondary N) is 2. The van der Waals surface area contributed by atoms with Gasteiger partial charge >= 0.3 is 0 Å². The van der Waals surface area contributed by atoms with Gasteiger partial charge in [0.1, 0.15) is 5.75 Å². The normalized spacial score (nSPS) is 10.5. The van der Waals surface area contributed by atoms with Gasteiger partial charge in [-0.2, -0.15) is 0 Å². The van der Waals surface area contributed by atoms with E-state index in [4.69, 9.17) is 0 Å². The van der Waals surface area contributed by atoms with E-state index in [9.17, 15) is 9.90 Å². The van der Waals surface area contributed by atoms with Crippen LogP contribution in [0.4, 0.5) is 5.69 Å². The van der Waals surface area contributed by atoms with Crippen LogP contribution in [0.2, 0.25) is 0 Å². The van der Waals surface area contributed by atoms with Crippen LogP contribution in [-0.2, 0) is 11.3 Å². The first-order valence-corrected chi connectivity index (χ1v) is 5.32. The molecule has 0 aromatic heterocycles. The fourth-order valence-electron chi connectivity index (χ4n) is 1.31. The van der Waals surface area contributed by atoms with Crippen LogP contribution in [0.3, 0.4) is 0 Å². The monoisotopic (exact) mass is 222 g/mol. The Morgan fingerprint density at radius 3 is 2.62 bits per heavy atom. The lowest BCUT2D eigenvalue weighted by Crippen LogP contribution is -2.21. The van der Waals surface area contributed by atoms with Crippen molar-refractivity contribution in [3.05, 3.63) is 23.8 Å². The maximum absolute atomic E-state index is 10.8. The molecule has 4 heteroatoms. The smallest absolute Gasteiger partial charge is 0.221 e. The second-order valence-corrected chi connectivity index (χ2v) is 4.06. The SMILES string of the molecule is CC(=O)Nc1ccc(CNC(C)C)c(O)c1. The van der Waals surface area contributed by atoms with Crippen LogP contribution in [0.5, 0.6) is 5.75 Å². The molecule has 1 rings (SSSR count). The lowest BCUT2D eigenvalue weighted by molar-refractivity contribution is -0.114. The van der Waals surface area contributed by atoms with Crippen molar-refractivity contribution >= 4 is 11.6 Å². The Labute approximate surface area is 95.7 Å². The highest BCUT2D eigenvalue weighted by Gasteiger charge is 2.04. The third-order valence-electron chi connectivity index (χ3n) is 2.11. The van der Waals surface area contributed by atoms with Crippen molar-refractivity contribution in [1.29, 1.82) is 0 Å². The van der Waals surface area contributed by atoms with Crippen LogP contribution in [0.1, 0.15) is 26.3 Å². The predicted molar refractivity (Wildman–Crippen MR) is 64.4 cm³/mol. The number of carbonyl (C=O) groups is 1. The molecular weight excluding hydrogens is 204 g/mol. The summed E-state index contributed by atoms with van der Waals surface area (Å²) in [5.41, 5.74) is 1.43. The van der Waals surface area contributed by atoms with Gasteiger partial charge in [0.2, 0.25) is 5.91 Å². The first-order valence-electron chi connectivity index (χ1n) is 5.32. The van der Waals surface area contributed by atoms with Gasteiger partial charge in [-0.05, 0) is 6.07 Å². The molecule has 4 nitrogen and oxygen atoms in total. The van der Waals surface area contributed by atoms with Gasteiger partial charge in [-0.1, -0.05) is 19.9 Å². The standard InChI is InChI=1S/C12H18N2O2/c1-8(2)13-7-10-4-5-11(6-12(10)16)14-9(3)15/h4-6,8,13,16H,7H2,1-3H3,(H,14,15). The summed E-state index contributed by atoms with van der Waals surface area (Å²) >= 11 is 0. The van der Waals surface area contributed by atoms with E-state index in [0.717, 1.165) is 5.56 Å². The molecule has 0 saturated carbocycles. The molecule has 0 unspecified atom stereocenters. The van der Waals surface area contributed by atoms with Gasteiger partial charge in [0.05, 0.1) is 0 Å². The molecule has 0 bridgehead atoms. The zero-order valence-electron chi connectivity index (χ0n) is 9.87. The number of phenolic OH excluding ortho intramolecular Hbond substituents is 1. The second kappa shape index (κ2) is 5.51. The molecule has 0 aliphatic heterocycles.